The molecule has 0 bridgehead atoms. The van der Waals surface area contributed by atoms with Crippen LogP contribution in [0.25, 0.3) is 6.08 Å². The molecule has 6 nitrogen and oxygen atoms in total. The third-order valence-electron chi connectivity index (χ3n) is 4.18. The summed E-state index contributed by atoms with van der Waals surface area (Å²) in [5.41, 5.74) is 0.772. The Balaban J connectivity index is 2.46. The molecule has 0 amide bonds. The van der Waals surface area contributed by atoms with E-state index in [2.05, 4.69) is 0 Å². The number of allylic oxidation sites excluding steroid dienone is 1. The molecule has 0 spiro atoms. The first-order valence-corrected chi connectivity index (χ1v) is 10.9. The van der Waals surface area contributed by atoms with Crippen molar-refractivity contribution in [2.45, 2.75) is 27.2 Å². The number of thiophene rings is 1. The van der Waals surface area contributed by atoms with Crippen molar-refractivity contribution in [2.75, 3.05) is 13.2 Å². The van der Waals surface area contributed by atoms with E-state index in [1.165, 1.54) is 6.08 Å². The fourth-order valence-electron chi connectivity index (χ4n) is 2.76. The highest BCUT2D eigenvalue weighted by molar-refractivity contribution is 7.14. The van der Waals surface area contributed by atoms with Crippen molar-refractivity contribution in [3.8, 4) is 6.07 Å². The molecule has 0 N–H and O–H groups in total. The molecule has 1 aromatic carbocycles. The van der Waals surface area contributed by atoms with Crippen molar-refractivity contribution in [3.63, 3.8) is 0 Å². The Hall–Kier alpha value is -2.66. The van der Waals surface area contributed by atoms with E-state index >= 15 is 0 Å². The van der Waals surface area contributed by atoms with Crippen LogP contribution in [0.4, 0.5) is 0 Å². The van der Waals surface area contributed by atoms with Crippen LogP contribution in [0, 0.1) is 18.3 Å². The molecule has 1 heterocycles. The van der Waals surface area contributed by atoms with Crippen molar-refractivity contribution in [1.82, 2.24) is 0 Å². The van der Waals surface area contributed by atoms with E-state index in [1.54, 1.807) is 39.0 Å². The number of ketones is 1. The lowest BCUT2D eigenvalue weighted by atomic mass is 10.0. The van der Waals surface area contributed by atoms with Gasteiger partial charge in [0.1, 0.15) is 10.9 Å². The maximum atomic E-state index is 12.9. The Bertz CT molecular complexity index is 1100. The number of rotatable bonds is 8. The number of hydrogen-bond donors (Lipinski definition) is 0. The summed E-state index contributed by atoms with van der Waals surface area (Å²) in [5, 5.41) is 10.0. The summed E-state index contributed by atoms with van der Waals surface area (Å²) >= 11 is 13.1. The number of ether oxygens (including phenoxy) is 2. The molecule has 0 fully saturated rings. The molecule has 0 saturated heterocycles. The zero-order chi connectivity index (χ0) is 23.1. The second-order valence-electron chi connectivity index (χ2n) is 6.21. The first-order valence-electron chi connectivity index (χ1n) is 9.30. The van der Waals surface area contributed by atoms with E-state index in [-0.39, 0.29) is 45.7 Å². The molecule has 0 radical (unpaired) electrons. The summed E-state index contributed by atoms with van der Waals surface area (Å²) in [4.78, 5) is 38.1. The average Bonchev–Trinajstić information content (AvgIpc) is 3.05. The van der Waals surface area contributed by atoms with Gasteiger partial charge in [0.2, 0.25) is 0 Å². The van der Waals surface area contributed by atoms with E-state index in [4.69, 9.17) is 32.7 Å². The van der Waals surface area contributed by atoms with Gasteiger partial charge >= 0.3 is 11.9 Å². The van der Waals surface area contributed by atoms with E-state index in [9.17, 15) is 19.6 Å². The first-order chi connectivity index (χ1) is 14.7. The van der Waals surface area contributed by atoms with Gasteiger partial charge in [0.05, 0.1) is 34.4 Å². The molecule has 0 atom stereocenters. The highest BCUT2D eigenvalue weighted by Crippen LogP contribution is 2.32. The predicted octanol–water partition coefficient (Wildman–Crippen LogP) is 5.44. The van der Waals surface area contributed by atoms with Crippen LogP contribution >= 0.6 is 34.5 Å². The van der Waals surface area contributed by atoms with Crippen molar-refractivity contribution < 1.29 is 23.9 Å². The molecule has 2 rings (SSSR count). The van der Waals surface area contributed by atoms with Gasteiger partial charge in [-0.3, -0.25) is 4.79 Å². The number of Topliss-reactive ketones (excluding diaryl/α,β-unsaturated/α-hetero) is 1. The van der Waals surface area contributed by atoms with Gasteiger partial charge in [0, 0.05) is 11.3 Å². The van der Waals surface area contributed by atoms with Crippen LogP contribution in [0.2, 0.25) is 10.0 Å². The van der Waals surface area contributed by atoms with E-state index in [0.717, 1.165) is 11.3 Å². The summed E-state index contributed by atoms with van der Waals surface area (Å²) in [6.45, 7) is 5.22. The monoisotopic (exact) mass is 479 g/mol. The average molecular weight is 480 g/mol. The van der Waals surface area contributed by atoms with Crippen LogP contribution < -0.4 is 0 Å². The maximum Gasteiger partial charge on any atom is 0.348 e. The molecular formula is C22H19Cl2NO5S. The minimum Gasteiger partial charge on any atom is -0.462 e. The number of carbonyl (C=O) groups excluding carboxylic acids is 3. The Kier molecular flexibility index (Phi) is 8.81. The topological polar surface area (TPSA) is 93.5 Å². The molecule has 0 aliphatic carbocycles. The van der Waals surface area contributed by atoms with Crippen molar-refractivity contribution in [3.05, 3.63) is 60.3 Å². The molecule has 0 aliphatic rings. The number of carbonyl (C=O) groups is 3. The smallest absolute Gasteiger partial charge is 0.348 e. The maximum absolute atomic E-state index is 12.9. The van der Waals surface area contributed by atoms with Crippen LogP contribution in [-0.2, 0) is 20.7 Å². The summed E-state index contributed by atoms with van der Waals surface area (Å²) in [6.07, 6.45) is 1.07. The summed E-state index contributed by atoms with van der Waals surface area (Å²) in [7, 11) is 0. The number of esters is 2. The fraction of sp³-hybridized carbons (Fsp3) is 0.273. The quantitative estimate of drug-likeness (QED) is 0.284. The molecule has 9 heteroatoms. The zero-order valence-electron chi connectivity index (χ0n) is 17.1. The molecule has 1 aromatic heterocycles. The third kappa shape index (κ3) is 5.73. The largest absolute Gasteiger partial charge is 0.462 e. The molecular weight excluding hydrogens is 461 g/mol. The lowest BCUT2D eigenvalue weighted by Gasteiger charge is -2.05. The number of nitrogens with zero attached hydrogens (tertiary/aromatic N) is 1. The van der Waals surface area contributed by atoms with Gasteiger partial charge < -0.3 is 9.47 Å². The predicted molar refractivity (Wildman–Crippen MR) is 120 cm³/mol. The van der Waals surface area contributed by atoms with E-state index in [1.807, 2.05) is 6.07 Å². The van der Waals surface area contributed by atoms with Crippen LogP contribution in [0.5, 0.6) is 0 Å². The Morgan fingerprint density at radius 1 is 1.13 bits per heavy atom. The standard InChI is InChI=1S/C22H19Cl2NO5S/c1-4-29-21(27)18-12(3)20(22(28)30-5-2)31-17(18)10-16(26)14(11-25)9-13-7-6-8-15(23)19(13)24/h6-9H,4-5,10H2,1-3H3/b14-9+. The Morgan fingerprint density at radius 3 is 2.39 bits per heavy atom. The van der Waals surface area contributed by atoms with Crippen LogP contribution in [0.3, 0.4) is 0 Å². The lowest BCUT2D eigenvalue weighted by molar-refractivity contribution is -0.114. The van der Waals surface area contributed by atoms with Crippen molar-refractivity contribution in [1.29, 1.82) is 5.26 Å². The fourth-order valence-corrected chi connectivity index (χ4v) is 4.31. The molecule has 0 aliphatic heterocycles. The summed E-state index contributed by atoms with van der Waals surface area (Å²) in [5.74, 6) is -1.77. The molecule has 0 unspecified atom stereocenters. The third-order valence-corrected chi connectivity index (χ3v) is 6.29. The van der Waals surface area contributed by atoms with Gasteiger partial charge in [-0.2, -0.15) is 5.26 Å². The number of nitriles is 1. The van der Waals surface area contributed by atoms with E-state index < -0.39 is 17.7 Å². The van der Waals surface area contributed by atoms with Gasteiger partial charge in [-0.25, -0.2) is 9.59 Å². The van der Waals surface area contributed by atoms with Crippen LogP contribution in [0.15, 0.2) is 23.8 Å². The normalized spacial score (nSPS) is 11.0. The van der Waals surface area contributed by atoms with Gasteiger partial charge in [-0.15, -0.1) is 11.3 Å². The molecule has 0 saturated carbocycles. The minimum absolute atomic E-state index is 0.132. The van der Waals surface area contributed by atoms with Gasteiger partial charge in [-0.1, -0.05) is 35.3 Å². The van der Waals surface area contributed by atoms with E-state index in [0.29, 0.717) is 16.0 Å². The number of halogens is 2. The Morgan fingerprint density at radius 2 is 1.77 bits per heavy atom. The zero-order valence-corrected chi connectivity index (χ0v) is 19.4. The molecule has 162 valence electrons. The lowest BCUT2D eigenvalue weighted by Crippen LogP contribution is -2.12. The second kappa shape index (κ2) is 11.1. The SMILES string of the molecule is CCOC(=O)c1sc(CC(=O)/C(C#N)=C/c2cccc(Cl)c2Cl)c(C(=O)OCC)c1C. The number of benzene rings is 1. The van der Waals surface area contributed by atoms with Crippen molar-refractivity contribution in [2.24, 2.45) is 0 Å². The molecule has 31 heavy (non-hydrogen) atoms. The van der Waals surface area contributed by atoms with Gasteiger partial charge in [0.15, 0.2) is 5.78 Å². The van der Waals surface area contributed by atoms with Gasteiger partial charge in [0.25, 0.3) is 0 Å². The summed E-state index contributed by atoms with van der Waals surface area (Å²) < 4.78 is 10.1. The highest BCUT2D eigenvalue weighted by Gasteiger charge is 2.28. The first kappa shape index (κ1) is 24.6. The summed E-state index contributed by atoms with van der Waals surface area (Å²) in [6, 6.07) is 6.72. The second-order valence-corrected chi connectivity index (χ2v) is 8.10. The highest BCUT2D eigenvalue weighted by atomic mass is 35.5. The molecule has 2 aromatic rings. The van der Waals surface area contributed by atoms with Gasteiger partial charge in [-0.05, 0) is 44.0 Å². The van der Waals surface area contributed by atoms with Crippen LogP contribution in [-0.4, -0.2) is 30.9 Å². The minimum atomic E-state index is -0.644. The van der Waals surface area contributed by atoms with Crippen molar-refractivity contribution >= 4 is 58.3 Å². The Labute approximate surface area is 194 Å². The van der Waals surface area contributed by atoms with Crippen LogP contribution in [0.1, 0.15) is 49.9 Å². The number of hydrogen-bond acceptors (Lipinski definition) is 7.